The van der Waals surface area contributed by atoms with E-state index in [4.69, 9.17) is 20.3 Å². The largest absolute Gasteiger partial charge is 0.466 e. The highest BCUT2D eigenvalue weighted by atomic mass is 16.5. The summed E-state index contributed by atoms with van der Waals surface area (Å²) >= 11 is 0. The molecule has 10 nitrogen and oxygen atoms in total. The molecule has 0 bridgehead atoms. The molecule has 4 aromatic rings. The number of rotatable bonds is 10. The molecule has 0 saturated carbocycles. The molecule has 0 fully saturated rings. The number of imidazole rings is 1. The molecule has 0 spiro atoms. The third-order valence-corrected chi connectivity index (χ3v) is 6.11. The molecule has 0 unspecified atom stereocenters. The quantitative estimate of drug-likeness (QED) is 0.108. The zero-order valence-electron chi connectivity index (χ0n) is 21.3. The normalized spacial score (nSPS) is 10.7. The van der Waals surface area contributed by atoms with Crippen molar-refractivity contribution >= 4 is 40.1 Å². The molecule has 0 radical (unpaired) electrons. The van der Waals surface area contributed by atoms with Gasteiger partial charge < -0.3 is 19.5 Å². The summed E-state index contributed by atoms with van der Waals surface area (Å²) in [5.41, 5.74) is 5.96. The maximum atomic E-state index is 13.6. The number of amides is 1. The van der Waals surface area contributed by atoms with Crippen molar-refractivity contribution in [1.82, 2.24) is 15.0 Å². The number of fused-ring (bicyclic) bond motifs is 1. The third-order valence-electron chi connectivity index (χ3n) is 6.11. The molecule has 10 heteroatoms. The van der Waals surface area contributed by atoms with Gasteiger partial charge in [0.2, 0.25) is 0 Å². The molecule has 1 aromatic heterocycles. The first-order valence-corrected chi connectivity index (χ1v) is 12.2. The van der Waals surface area contributed by atoms with Gasteiger partial charge in [-0.05, 0) is 61.5 Å². The van der Waals surface area contributed by atoms with Crippen LogP contribution < -0.4 is 15.7 Å². The summed E-state index contributed by atoms with van der Waals surface area (Å²) in [6.07, 6.45) is 0.0920. The van der Waals surface area contributed by atoms with E-state index in [2.05, 4.69) is 5.32 Å². The zero-order chi connectivity index (χ0) is 27.1. The van der Waals surface area contributed by atoms with Crippen molar-refractivity contribution in [2.24, 2.45) is 7.05 Å². The number of aryl methyl sites for hydroxylation is 1. The number of ether oxygens (including phenoxy) is 1. The van der Waals surface area contributed by atoms with Crippen molar-refractivity contribution in [3.05, 3.63) is 89.7 Å². The van der Waals surface area contributed by atoms with Gasteiger partial charge in [0, 0.05) is 36.1 Å². The van der Waals surface area contributed by atoms with Crippen molar-refractivity contribution in [1.29, 1.82) is 5.41 Å². The minimum absolute atomic E-state index is 0.0797. The Kier molecular flexibility index (Phi) is 8.34. The smallest absolute Gasteiger partial charge is 0.307 e. The van der Waals surface area contributed by atoms with Crippen molar-refractivity contribution in [2.75, 3.05) is 23.4 Å². The fraction of sp³-hybridized carbons (Fsp3) is 0.214. The summed E-state index contributed by atoms with van der Waals surface area (Å²) in [6.45, 7) is 2.69. The molecule has 3 aromatic carbocycles. The third kappa shape index (κ3) is 5.98. The van der Waals surface area contributed by atoms with Gasteiger partial charge in [-0.2, -0.15) is 0 Å². The second-order valence-corrected chi connectivity index (χ2v) is 8.56. The lowest BCUT2D eigenvalue weighted by atomic mass is 10.1. The number of hydroxylamine groups is 1. The summed E-state index contributed by atoms with van der Waals surface area (Å²) in [6, 6.07) is 21.7. The van der Waals surface area contributed by atoms with E-state index in [0.717, 1.165) is 17.0 Å². The second kappa shape index (κ2) is 12.0. The Hall–Kier alpha value is -4.70. The number of para-hydroxylation sites is 1. The molecule has 0 atom stereocenters. The average Bonchev–Trinajstić information content (AvgIpc) is 3.27. The van der Waals surface area contributed by atoms with Gasteiger partial charge in [0.1, 0.15) is 11.7 Å². The highest BCUT2D eigenvalue weighted by Gasteiger charge is 2.20. The molecule has 38 heavy (non-hydrogen) atoms. The van der Waals surface area contributed by atoms with Gasteiger partial charge in [-0.15, -0.1) is 0 Å². The Balaban J connectivity index is 1.53. The lowest BCUT2D eigenvalue weighted by Gasteiger charge is -2.22. The first-order valence-electron chi connectivity index (χ1n) is 12.2. The van der Waals surface area contributed by atoms with Crippen molar-refractivity contribution in [3.63, 3.8) is 0 Å². The van der Waals surface area contributed by atoms with E-state index in [9.17, 15) is 9.59 Å². The molecule has 0 saturated heterocycles. The van der Waals surface area contributed by atoms with E-state index in [1.807, 2.05) is 65.6 Å². The highest BCUT2D eigenvalue weighted by Crippen LogP contribution is 2.22. The fourth-order valence-corrected chi connectivity index (χ4v) is 4.09. The van der Waals surface area contributed by atoms with E-state index in [1.165, 1.54) is 0 Å². The number of nitrogens with zero attached hydrogens (tertiary/aromatic N) is 3. The molecule has 4 rings (SSSR count). The van der Waals surface area contributed by atoms with Gasteiger partial charge in [0.25, 0.3) is 5.91 Å². The van der Waals surface area contributed by atoms with Crippen LogP contribution in [-0.4, -0.2) is 45.6 Å². The van der Waals surface area contributed by atoms with Crippen LogP contribution in [-0.2, 0) is 23.1 Å². The van der Waals surface area contributed by atoms with Gasteiger partial charge in [-0.25, -0.2) is 4.98 Å². The molecule has 4 N–H and O–H groups in total. The van der Waals surface area contributed by atoms with Crippen molar-refractivity contribution < 1.29 is 19.5 Å². The number of hydrogen-bond donors (Lipinski definition) is 4. The summed E-state index contributed by atoms with van der Waals surface area (Å²) < 4.78 is 7.01. The SMILES string of the molecule is CCOC(=O)CCN(C(=O)c1ccc2c(c1)nc(CNc1ccc(C(=N)NO)cc1)n2C)c1ccccc1. The highest BCUT2D eigenvalue weighted by molar-refractivity contribution is 6.07. The molecule has 196 valence electrons. The van der Waals surface area contributed by atoms with Gasteiger partial charge >= 0.3 is 5.97 Å². The Morgan fingerprint density at radius 2 is 1.76 bits per heavy atom. The average molecular weight is 515 g/mol. The lowest BCUT2D eigenvalue weighted by Crippen LogP contribution is -2.33. The lowest BCUT2D eigenvalue weighted by molar-refractivity contribution is -0.142. The Bertz CT molecular complexity index is 1430. The van der Waals surface area contributed by atoms with Crippen LogP contribution in [0.1, 0.15) is 35.1 Å². The molecule has 0 aliphatic carbocycles. The van der Waals surface area contributed by atoms with Crippen LogP contribution in [0.15, 0.2) is 72.8 Å². The number of benzene rings is 3. The molecule has 0 aliphatic rings. The maximum Gasteiger partial charge on any atom is 0.307 e. The predicted molar refractivity (Wildman–Crippen MR) is 146 cm³/mol. The van der Waals surface area contributed by atoms with E-state index in [-0.39, 0.29) is 30.7 Å². The van der Waals surface area contributed by atoms with E-state index in [1.54, 1.807) is 36.1 Å². The van der Waals surface area contributed by atoms with Crippen LogP contribution in [0.25, 0.3) is 11.0 Å². The zero-order valence-corrected chi connectivity index (χ0v) is 21.3. The first kappa shape index (κ1) is 26.4. The number of anilines is 2. The summed E-state index contributed by atoms with van der Waals surface area (Å²) in [7, 11) is 1.92. The van der Waals surface area contributed by atoms with Gasteiger partial charge in [-0.3, -0.25) is 25.7 Å². The summed E-state index contributed by atoms with van der Waals surface area (Å²) in [5, 5.41) is 19.8. The minimum Gasteiger partial charge on any atom is -0.466 e. The molecular weight excluding hydrogens is 484 g/mol. The van der Waals surface area contributed by atoms with Crippen LogP contribution in [0.3, 0.4) is 0 Å². The van der Waals surface area contributed by atoms with E-state index >= 15 is 0 Å². The predicted octanol–water partition coefficient (Wildman–Crippen LogP) is 4.09. The molecule has 1 heterocycles. The molecule has 1 amide bonds. The van der Waals surface area contributed by atoms with Crippen molar-refractivity contribution in [2.45, 2.75) is 19.9 Å². The number of carbonyl (C=O) groups excluding carboxylic acids is 2. The fourth-order valence-electron chi connectivity index (χ4n) is 4.09. The summed E-state index contributed by atoms with van der Waals surface area (Å²) in [5.74, 6) is 0.122. The second-order valence-electron chi connectivity index (χ2n) is 8.56. The van der Waals surface area contributed by atoms with E-state index in [0.29, 0.717) is 35.5 Å². The summed E-state index contributed by atoms with van der Waals surface area (Å²) in [4.78, 5) is 31.8. The molecular formula is C28H30N6O4. The van der Waals surface area contributed by atoms with Crippen LogP contribution >= 0.6 is 0 Å². The number of carbonyl (C=O) groups is 2. The number of amidine groups is 1. The molecule has 0 aliphatic heterocycles. The minimum atomic E-state index is -0.350. The number of hydrogen-bond acceptors (Lipinski definition) is 7. The van der Waals surface area contributed by atoms with Crippen LogP contribution in [0.2, 0.25) is 0 Å². The van der Waals surface area contributed by atoms with Crippen LogP contribution in [0, 0.1) is 5.41 Å². The number of esters is 1. The van der Waals surface area contributed by atoms with Gasteiger partial charge in [-0.1, -0.05) is 18.2 Å². The maximum absolute atomic E-state index is 13.6. The van der Waals surface area contributed by atoms with Crippen molar-refractivity contribution in [3.8, 4) is 0 Å². The van der Waals surface area contributed by atoms with Crippen LogP contribution in [0.4, 0.5) is 11.4 Å². The Labute approximate surface area is 220 Å². The standard InChI is InChI=1S/C28H30N6O4/c1-3-38-26(35)15-16-34(22-7-5-4-6-8-22)28(36)20-11-14-24-23(17-20)31-25(33(24)2)18-30-21-12-9-19(10-13-21)27(29)32-37/h4-14,17,30,37H,3,15-16,18H2,1-2H3,(H2,29,32). The first-order chi connectivity index (χ1) is 18.4. The number of aromatic nitrogens is 2. The topological polar surface area (TPSA) is 133 Å². The Morgan fingerprint density at radius 3 is 2.45 bits per heavy atom. The van der Waals surface area contributed by atoms with Gasteiger partial charge in [0.05, 0.1) is 30.6 Å². The Morgan fingerprint density at radius 1 is 1.05 bits per heavy atom. The number of nitrogens with one attached hydrogen (secondary N) is 3. The van der Waals surface area contributed by atoms with E-state index < -0.39 is 0 Å². The van der Waals surface area contributed by atoms with Crippen LogP contribution in [0.5, 0.6) is 0 Å². The van der Waals surface area contributed by atoms with Gasteiger partial charge in [0.15, 0.2) is 0 Å². The monoisotopic (exact) mass is 514 g/mol.